The summed E-state index contributed by atoms with van der Waals surface area (Å²) in [6.07, 6.45) is 1.47. The lowest BCUT2D eigenvalue weighted by Crippen LogP contribution is -2.30. The van der Waals surface area contributed by atoms with Gasteiger partial charge in [0.05, 0.1) is 20.0 Å². The highest BCUT2D eigenvalue weighted by atomic mass is 16.5. The molecule has 0 bridgehead atoms. The van der Waals surface area contributed by atoms with Gasteiger partial charge in [0, 0.05) is 31.0 Å². The van der Waals surface area contributed by atoms with Crippen LogP contribution in [0.2, 0.25) is 0 Å². The third-order valence-electron chi connectivity index (χ3n) is 4.37. The number of furan rings is 1. The molecule has 1 aromatic heterocycles. The van der Waals surface area contributed by atoms with E-state index < -0.39 is 0 Å². The number of aliphatic imine (C=N–C) groups is 1. The highest BCUT2D eigenvalue weighted by Crippen LogP contribution is 2.30. The molecule has 0 fully saturated rings. The summed E-state index contributed by atoms with van der Waals surface area (Å²) in [5, 5.41) is 9.29. The van der Waals surface area contributed by atoms with E-state index in [0.717, 1.165) is 11.3 Å². The minimum atomic E-state index is -0.286. The number of methoxy groups -OCH3 is 1. The van der Waals surface area contributed by atoms with Crippen molar-refractivity contribution in [3.63, 3.8) is 0 Å². The van der Waals surface area contributed by atoms with E-state index in [9.17, 15) is 4.79 Å². The molecule has 3 N–H and O–H groups in total. The summed E-state index contributed by atoms with van der Waals surface area (Å²) in [5.74, 6) is 1.94. The average Bonchev–Trinajstić information content (AvgIpc) is 3.33. The van der Waals surface area contributed by atoms with Gasteiger partial charge >= 0.3 is 0 Å². The number of carbonyl (C=O) groups excluding carboxylic acids is 1. The Kier molecular flexibility index (Phi) is 7.53. The fourth-order valence-electron chi connectivity index (χ4n) is 2.83. The van der Waals surface area contributed by atoms with Gasteiger partial charge in [-0.05, 0) is 48.9 Å². The van der Waals surface area contributed by atoms with Gasteiger partial charge in [-0.3, -0.25) is 9.79 Å². The number of benzene rings is 2. The molecule has 0 unspecified atom stereocenters. The fraction of sp³-hybridized carbons (Fsp3) is 0.217. The summed E-state index contributed by atoms with van der Waals surface area (Å²) in [6.45, 7) is 3.03. The van der Waals surface area contributed by atoms with Crippen LogP contribution in [0.5, 0.6) is 11.5 Å². The van der Waals surface area contributed by atoms with Crippen LogP contribution in [0.1, 0.15) is 23.0 Å². The summed E-state index contributed by atoms with van der Waals surface area (Å²) in [6, 6.07) is 16.4. The first-order chi connectivity index (χ1) is 15.1. The average molecular weight is 422 g/mol. The van der Waals surface area contributed by atoms with E-state index >= 15 is 0 Å². The largest absolute Gasteiger partial charge is 0.493 e. The molecule has 0 saturated carbocycles. The quantitative estimate of drug-likeness (QED) is 0.373. The van der Waals surface area contributed by atoms with Crippen LogP contribution >= 0.6 is 0 Å². The van der Waals surface area contributed by atoms with Crippen LogP contribution in [-0.2, 0) is 6.54 Å². The van der Waals surface area contributed by atoms with Gasteiger partial charge in [0.1, 0.15) is 0 Å². The highest BCUT2D eigenvalue weighted by Gasteiger charge is 2.09. The van der Waals surface area contributed by atoms with Crippen molar-refractivity contribution in [2.75, 3.05) is 31.4 Å². The zero-order chi connectivity index (χ0) is 22.1. The summed E-state index contributed by atoms with van der Waals surface area (Å²) >= 11 is 0. The number of carbonyl (C=O) groups is 1. The maximum atomic E-state index is 12.0. The number of guanidine groups is 1. The molecule has 3 aromatic rings. The third-order valence-corrected chi connectivity index (χ3v) is 4.37. The fourth-order valence-corrected chi connectivity index (χ4v) is 2.83. The molecule has 0 atom stereocenters. The van der Waals surface area contributed by atoms with Gasteiger partial charge in [-0.25, -0.2) is 0 Å². The number of hydrogen-bond donors (Lipinski definition) is 3. The van der Waals surface area contributed by atoms with Crippen molar-refractivity contribution in [3.8, 4) is 11.5 Å². The molecule has 31 heavy (non-hydrogen) atoms. The van der Waals surface area contributed by atoms with Crippen LogP contribution < -0.4 is 25.4 Å². The highest BCUT2D eigenvalue weighted by molar-refractivity contribution is 6.02. The lowest BCUT2D eigenvalue weighted by atomic mass is 10.2. The first kappa shape index (κ1) is 21.8. The van der Waals surface area contributed by atoms with Gasteiger partial charge in [-0.2, -0.15) is 0 Å². The Labute approximate surface area is 181 Å². The van der Waals surface area contributed by atoms with Crippen molar-refractivity contribution >= 4 is 23.2 Å². The van der Waals surface area contributed by atoms with Gasteiger partial charge < -0.3 is 29.8 Å². The van der Waals surface area contributed by atoms with Crippen LogP contribution in [0.3, 0.4) is 0 Å². The summed E-state index contributed by atoms with van der Waals surface area (Å²) in [4.78, 5) is 16.3. The summed E-state index contributed by atoms with van der Waals surface area (Å²) < 4.78 is 16.0. The van der Waals surface area contributed by atoms with Crippen molar-refractivity contribution in [1.82, 2.24) is 5.32 Å². The van der Waals surface area contributed by atoms with Gasteiger partial charge in [0.25, 0.3) is 5.91 Å². The summed E-state index contributed by atoms with van der Waals surface area (Å²) in [5.41, 5.74) is 2.55. The van der Waals surface area contributed by atoms with Crippen molar-refractivity contribution in [2.45, 2.75) is 13.5 Å². The molecular formula is C23H26N4O4. The normalized spacial score (nSPS) is 11.0. The van der Waals surface area contributed by atoms with Crippen molar-refractivity contribution in [2.24, 2.45) is 4.99 Å². The van der Waals surface area contributed by atoms with E-state index in [2.05, 4.69) is 20.9 Å². The van der Waals surface area contributed by atoms with E-state index in [1.807, 2.05) is 49.4 Å². The molecule has 8 heteroatoms. The maximum absolute atomic E-state index is 12.0. The molecule has 0 aliphatic rings. The van der Waals surface area contributed by atoms with Crippen molar-refractivity contribution in [1.29, 1.82) is 0 Å². The van der Waals surface area contributed by atoms with E-state index in [-0.39, 0.29) is 11.7 Å². The monoisotopic (exact) mass is 422 g/mol. The second kappa shape index (κ2) is 10.7. The van der Waals surface area contributed by atoms with E-state index in [1.54, 1.807) is 26.3 Å². The molecule has 8 nitrogen and oxygen atoms in total. The Morgan fingerprint density at radius 3 is 2.45 bits per heavy atom. The molecule has 0 aliphatic heterocycles. The van der Waals surface area contributed by atoms with E-state index in [1.165, 1.54) is 6.26 Å². The molecular weight excluding hydrogens is 396 g/mol. The molecule has 0 spiro atoms. The predicted molar refractivity (Wildman–Crippen MR) is 121 cm³/mol. The Hall–Kier alpha value is -3.94. The Bertz CT molecular complexity index is 1010. The topological polar surface area (TPSA) is 97.1 Å². The zero-order valence-electron chi connectivity index (χ0n) is 17.8. The van der Waals surface area contributed by atoms with Crippen molar-refractivity contribution < 1.29 is 18.7 Å². The number of rotatable bonds is 8. The number of anilines is 2. The van der Waals surface area contributed by atoms with Crippen LogP contribution in [0.15, 0.2) is 70.3 Å². The molecule has 1 amide bonds. The number of amides is 1. The second-order valence-electron chi connectivity index (χ2n) is 6.48. The van der Waals surface area contributed by atoms with Gasteiger partial charge in [-0.15, -0.1) is 0 Å². The van der Waals surface area contributed by atoms with Gasteiger partial charge in [0.2, 0.25) is 0 Å². The van der Waals surface area contributed by atoms with Crippen LogP contribution in [0, 0.1) is 0 Å². The minimum Gasteiger partial charge on any atom is -0.493 e. The lowest BCUT2D eigenvalue weighted by molar-refractivity contribution is 0.0996. The molecule has 3 rings (SSSR count). The molecule has 2 aromatic carbocycles. The molecule has 0 aliphatic carbocycles. The van der Waals surface area contributed by atoms with E-state index in [0.29, 0.717) is 36.3 Å². The number of nitrogens with zero attached hydrogens (tertiary/aromatic N) is 1. The SMILES string of the molecule is CCOc1cc(NC(=NC)NCc2ccc(NC(=O)c3ccco3)cc2)ccc1OC. The van der Waals surface area contributed by atoms with Crippen LogP contribution in [0.4, 0.5) is 11.4 Å². The predicted octanol–water partition coefficient (Wildman–Crippen LogP) is 4.13. The number of nitrogens with one attached hydrogen (secondary N) is 3. The Morgan fingerprint density at radius 1 is 1.03 bits per heavy atom. The van der Waals surface area contributed by atoms with Gasteiger partial charge in [-0.1, -0.05) is 12.1 Å². The first-order valence-corrected chi connectivity index (χ1v) is 9.85. The number of hydrogen-bond acceptors (Lipinski definition) is 5. The molecule has 0 radical (unpaired) electrons. The van der Waals surface area contributed by atoms with Crippen LogP contribution in [0.25, 0.3) is 0 Å². The molecule has 1 heterocycles. The van der Waals surface area contributed by atoms with Crippen molar-refractivity contribution in [3.05, 3.63) is 72.2 Å². The minimum absolute atomic E-state index is 0.270. The first-order valence-electron chi connectivity index (χ1n) is 9.85. The zero-order valence-corrected chi connectivity index (χ0v) is 17.8. The Balaban J connectivity index is 1.56. The maximum Gasteiger partial charge on any atom is 0.291 e. The van der Waals surface area contributed by atoms with Gasteiger partial charge in [0.15, 0.2) is 23.2 Å². The second-order valence-corrected chi connectivity index (χ2v) is 6.48. The molecule has 0 saturated heterocycles. The van der Waals surface area contributed by atoms with E-state index in [4.69, 9.17) is 13.9 Å². The third kappa shape index (κ3) is 6.02. The molecule has 162 valence electrons. The van der Waals surface area contributed by atoms with Crippen LogP contribution in [-0.4, -0.2) is 32.6 Å². The smallest absolute Gasteiger partial charge is 0.291 e. The summed E-state index contributed by atoms with van der Waals surface area (Å²) in [7, 11) is 3.31. The lowest BCUT2D eigenvalue weighted by Gasteiger charge is -2.15. The standard InChI is InChI=1S/C23H26N4O4/c1-4-30-21-14-18(11-12-19(21)29-3)27-23(24-2)25-15-16-7-9-17(10-8-16)26-22(28)20-6-5-13-31-20/h5-14H,4,15H2,1-3H3,(H,26,28)(H2,24,25,27). The number of ether oxygens (including phenoxy) is 2. The Morgan fingerprint density at radius 2 is 1.81 bits per heavy atom.